The molecule has 0 aliphatic heterocycles. The predicted octanol–water partition coefficient (Wildman–Crippen LogP) is 1.62. The molecule has 0 aliphatic rings. The Hall–Kier alpha value is -2.12. The number of ether oxygens (including phenoxy) is 1. The monoisotopic (exact) mass is 230 g/mol. The second-order valence-electron chi connectivity index (χ2n) is 3.64. The van der Waals surface area contributed by atoms with E-state index in [9.17, 15) is 4.79 Å². The van der Waals surface area contributed by atoms with E-state index in [0.29, 0.717) is 12.2 Å². The topological polar surface area (TPSA) is 76.1 Å². The number of nitrogens with two attached hydrogens (primary N) is 1. The first-order valence-corrected chi connectivity index (χ1v) is 5.15. The normalized spacial score (nSPS) is 10.9. The molecule has 1 amide bonds. The quantitative estimate of drug-likeness (QED) is 0.781. The van der Waals surface area contributed by atoms with Crippen molar-refractivity contribution in [3.63, 3.8) is 0 Å². The van der Waals surface area contributed by atoms with Crippen LogP contribution in [0.2, 0.25) is 0 Å². The summed E-state index contributed by atoms with van der Waals surface area (Å²) < 4.78 is 5.11. The van der Waals surface area contributed by atoms with Gasteiger partial charge in [-0.2, -0.15) is 5.26 Å². The summed E-state index contributed by atoms with van der Waals surface area (Å²) in [6.07, 6.45) is 1.79. The standard InChI is InChI=1S/C13H14N2O2/c1-10(7-14)5-11-3-2-4-12(6-11)8-17-9-13(15)16/h2-6H,8-9H2,1H3,(H2,15,16)/b10-5-. The first-order valence-electron chi connectivity index (χ1n) is 5.15. The van der Waals surface area contributed by atoms with Crippen molar-refractivity contribution in [3.05, 3.63) is 41.0 Å². The van der Waals surface area contributed by atoms with Gasteiger partial charge in [-0.1, -0.05) is 18.2 Å². The molecule has 0 radical (unpaired) electrons. The number of primary amides is 1. The molecule has 0 saturated carbocycles. The molecule has 0 fully saturated rings. The lowest BCUT2D eigenvalue weighted by molar-refractivity contribution is -0.122. The second kappa shape index (κ2) is 6.46. The maximum absolute atomic E-state index is 10.5. The van der Waals surface area contributed by atoms with Crippen molar-refractivity contribution in [1.82, 2.24) is 0 Å². The highest BCUT2D eigenvalue weighted by atomic mass is 16.5. The molecule has 0 aliphatic carbocycles. The van der Waals surface area contributed by atoms with Crippen LogP contribution in [0, 0.1) is 11.3 Å². The number of benzene rings is 1. The molecular weight excluding hydrogens is 216 g/mol. The van der Waals surface area contributed by atoms with Crippen molar-refractivity contribution in [1.29, 1.82) is 5.26 Å². The number of carbonyl (C=O) groups excluding carboxylic acids is 1. The Labute approximate surface area is 100 Å². The third-order valence-electron chi connectivity index (χ3n) is 2.02. The second-order valence-corrected chi connectivity index (χ2v) is 3.64. The number of allylic oxidation sites excluding steroid dienone is 1. The number of rotatable bonds is 5. The summed E-state index contributed by atoms with van der Waals surface area (Å²) in [5.41, 5.74) is 7.47. The van der Waals surface area contributed by atoms with Crippen LogP contribution >= 0.6 is 0 Å². The highest BCUT2D eigenvalue weighted by Crippen LogP contribution is 2.10. The van der Waals surface area contributed by atoms with Crippen LogP contribution in [-0.2, 0) is 16.1 Å². The predicted molar refractivity (Wildman–Crippen MR) is 64.6 cm³/mol. The summed E-state index contributed by atoms with van der Waals surface area (Å²) in [6.45, 7) is 1.99. The van der Waals surface area contributed by atoms with E-state index in [1.165, 1.54) is 0 Å². The fourth-order valence-electron chi connectivity index (χ4n) is 1.32. The van der Waals surface area contributed by atoms with Gasteiger partial charge in [-0.15, -0.1) is 0 Å². The van der Waals surface area contributed by atoms with E-state index in [0.717, 1.165) is 11.1 Å². The van der Waals surface area contributed by atoms with Crippen LogP contribution in [0.15, 0.2) is 29.8 Å². The van der Waals surface area contributed by atoms with E-state index in [2.05, 4.69) is 6.07 Å². The molecule has 0 heterocycles. The average Bonchev–Trinajstić information content (AvgIpc) is 2.29. The van der Waals surface area contributed by atoms with Gasteiger partial charge in [-0.25, -0.2) is 0 Å². The van der Waals surface area contributed by atoms with Gasteiger partial charge in [0.05, 0.1) is 12.7 Å². The van der Waals surface area contributed by atoms with Gasteiger partial charge in [0.2, 0.25) is 5.91 Å². The Morgan fingerprint density at radius 1 is 1.59 bits per heavy atom. The average molecular weight is 230 g/mol. The van der Waals surface area contributed by atoms with Crippen molar-refractivity contribution < 1.29 is 9.53 Å². The molecule has 0 atom stereocenters. The number of hydrogen-bond acceptors (Lipinski definition) is 3. The molecule has 1 aromatic carbocycles. The van der Waals surface area contributed by atoms with Crippen molar-refractivity contribution in [2.75, 3.05) is 6.61 Å². The molecule has 0 saturated heterocycles. The number of amides is 1. The zero-order valence-electron chi connectivity index (χ0n) is 9.64. The Kier molecular flexibility index (Phi) is 4.92. The number of nitriles is 1. The largest absolute Gasteiger partial charge is 0.368 e. The third-order valence-corrected chi connectivity index (χ3v) is 2.02. The van der Waals surface area contributed by atoms with Gasteiger partial charge in [-0.3, -0.25) is 4.79 Å². The molecule has 4 nitrogen and oxygen atoms in total. The van der Waals surface area contributed by atoms with Crippen LogP contribution in [0.25, 0.3) is 6.08 Å². The van der Waals surface area contributed by atoms with Gasteiger partial charge >= 0.3 is 0 Å². The fraction of sp³-hybridized carbons (Fsp3) is 0.231. The first-order chi connectivity index (χ1) is 8.11. The first kappa shape index (κ1) is 12.9. The van der Waals surface area contributed by atoms with Gasteiger partial charge in [0.25, 0.3) is 0 Å². The Morgan fingerprint density at radius 2 is 2.35 bits per heavy atom. The molecule has 17 heavy (non-hydrogen) atoms. The molecule has 88 valence electrons. The summed E-state index contributed by atoms with van der Waals surface area (Å²) in [4.78, 5) is 10.5. The summed E-state index contributed by atoms with van der Waals surface area (Å²) in [5.74, 6) is -0.485. The minimum atomic E-state index is -0.485. The Bertz CT molecular complexity index is 473. The molecule has 2 N–H and O–H groups in total. The number of hydrogen-bond donors (Lipinski definition) is 1. The summed E-state index contributed by atoms with van der Waals surface area (Å²) in [6, 6.07) is 9.63. The summed E-state index contributed by atoms with van der Waals surface area (Å²) in [5, 5.41) is 8.67. The molecule has 1 rings (SSSR count). The van der Waals surface area contributed by atoms with Gasteiger partial charge in [0, 0.05) is 5.57 Å². The number of nitrogens with zero attached hydrogens (tertiary/aromatic N) is 1. The zero-order valence-corrected chi connectivity index (χ0v) is 9.64. The lowest BCUT2D eigenvalue weighted by atomic mass is 10.1. The van der Waals surface area contributed by atoms with E-state index < -0.39 is 5.91 Å². The maximum atomic E-state index is 10.5. The zero-order chi connectivity index (χ0) is 12.7. The molecule has 0 bridgehead atoms. The Morgan fingerprint density at radius 3 is 3.00 bits per heavy atom. The molecule has 0 unspecified atom stereocenters. The highest BCUT2D eigenvalue weighted by molar-refractivity contribution is 5.74. The smallest absolute Gasteiger partial charge is 0.243 e. The minimum Gasteiger partial charge on any atom is -0.368 e. The molecule has 1 aromatic rings. The summed E-state index contributed by atoms with van der Waals surface area (Å²) >= 11 is 0. The van der Waals surface area contributed by atoms with Crippen LogP contribution in [-0.4, -0.2) is 12.5 Å². The lowest BCUT2D eigenvalue weighted by Crippen LogP contribution is -2.17. The fourth-order valence-corrected chi connectivity index (χ4v) is 1.32. The SMILES string of the molecule is C/C(C#N)=C/c1cccc(COCC(N)=O)c1. The van der Waals surface area contributed by atoms with Crippen molar-refractivity contribution in [2.45, 2.75) is 13.5 Å². The van der Waals surface area contributed by atoms with Gasteiger partial charge in [0.1, 0.15) is 6.61 Å². The minimum absolute atomic E-state index is 0.0860. The molecule has 0 aromatic heterocycles. The lowest BCUT2D eigenvalue weighted by Gasteiger charge is -2.03. The van der Waals surface area contributed by atoms with Crippen LogP contribution in [0.3, 0.4) is 0 Å². The van der Waals surface area contributed by atoms with Gasteiger partial charge in [-0.05, 0) is 30.2 Å². The van der Waals surface area contributed by atoms with Crippen LogP contribution in [0.5, 0.6) is 0 Å². The summed E-state index contributed by atoms with van der Waals surface area (Å²) in [7, 11) is 0. The Balaban J connectivity index is 2.67. The van der Waals surface area contributed by atoms with Crippen LogP contribution < -0.4 is 5.73 Å². The molecular formula is C13H14N2O2. The van der Waals surface area contributed by atoms with E-state index in [1.54, 1.807) is 13.0 Å². The van der Waals surface area contributed by atoms with Crippen molar-refractivity contribution >= 4 is 12.0 Å². The highest BCUT2D eigenvalue weighted by Gasteiger charge is 1.97. The van der Waals surface area contributed by atoms with E-state index in [4.69, 9.17) is 15.7 Å². The molecule has 4 heteroatoms. The number of carbonyl (C=O) groups is 1. The maximum Gasteiger partial charge on any atom is 0.243 e. The van der Waals surface area contributed by atoms with Crippen LogP contribution in [0.4, 0.5) is 0 Å². The van der Waals surface area contributed by atoms with Crippen LogP contribution in [0.1, 0.15) is 18.1 Å². The van der Waals surface area contributed by atoms with E-state index in [-0.39, 0.29) is 6.61 Å². The van der Waals surface area contributed by atoms with Gasteiger partial charge < -0.3 is 10.5 Å². The molecule has 0 spiro atoms. The van der Waals surface area contributed by atoms with E-state index >= 15 is 0 Å². The van der Waals surface area contributed by atoms with Crippen molar-refractivity contribution in [2.24, 2.45) is 5.73 Å². The van der Waals surface area contributed by atoms with Crippen molar-refractivity contribution in [3.8, 4) is 6.07 Å². The van der Waals surface area contributed by atoms with Gasteiger partial charge in [0.15, 0.2) is 0 Å². The third kappa shape index (κ3) is 4.96. The van der Waals surface area contributed by atoms with E-state index in [1.807, 2.05) is 24.3 Å².